The molecule has 0 amide bonds. The van der Waals surface area contributed by atoms with Gasteiger partial charge in [-0.2, -0.15) is 0 Å². The highest BCUT2D eigenvalue weighted by Crippen LogP contribution is 2.14. The molecule has 0 unspecified atom stereocenters. The summed E-state index contributed by atoms with van der Waals surface area (Å²) in [6.07, 6.45) is 0.998. The van der Waals surface area contributed by atoms with Crippen molar-refractivity contribution in [2.24, 2.45) is 0 Å². The van der Waals surface area contributed by atoms with E-state index < -0.39 is 6.10 Å². The first-order chi connectivity index (χ1) is 10.7. The average Bonchev–Trinajstić information content (AvgIpc) is 2.53. The molecule has 22 heavy (non-hydrogen) atoms. The van der Waals surface area contributed by atoms with Gasteiger partial charge in [-0.25, -0.2) is 0 Å². The second-order valence-corrected chi connectivity index (χ2v) is 5.34. The molecule has 0 aliphatic heterocycles. The van der Waals surface area contributed by atoms with Crippen LogP contribution in [0.3, 0.4) is 0 Å². The number of hydrogen-bond donors (Lipinski definition) is 3. The Morgan fingerprint density at radius 1 is 1.09 bits per heavy atom. The van der Waals surface area contributed by atoms with E-state index in [1.54, 1.807) is 19.2 Å². The third-order valence-corrected chi connectivity index (χ3v) is 3.52. The van der Waals surface area contributed by atoms with E-state index in [-0.39, 0.29) is 5.75 Å². The Bertz CT molecular complexity index is 586. The van der Waals surface area contributed by atoms with E-state index in [9.17, 15) is 10.2 Å². The molecule has 0 radical (unpaired) electrons. The van der Waals surface area contributed by atoms with Crippen molar-refractivity contribution in [2.75, 3.05) is 13.7 Å². The molecule has 3 N–H and O–H groups in total. The Kier molecular flexibility index (Phi) is 6.25. The maximum Gasteiger partial charge on any atom is 0.119 e. The number of aryl methyl sites for hydroxylation is 1. The Morgan fingerprint density at radius 3 is 2.64 bits per heavy atom. The molecular weight excluding hydrogens is 278 g/mol. The quantitative estimate of drug-likeness (QED) is 0.701. The van der Waals surface area contributed by atoms with Gasteiger partial charge >= 0.3 is 0 Å². The molecule has 0 bridgehead atoms. The number of phenols is 1. The minimum atomic E-state index is -0.409. The molecule has 0 aliphatic carbocycles. The van der Waals surface area contributed by atoms with Crippen LogP contribution >= 0.6 is 0 Å². The molecule has 4 heteroatoms. The standard InChI is InChI=1S/C18H23NO3/c1-22-18-7-3-5-15(11-18)12-19-13-17(21)9-8-14-4-2-6-16(20)10-14/h2-7,10-11,17,19-21H,8-9,12-13H2,1H3/t17-/m1/s1. The number of aromatic hydroxyl groups is 1. The monoisotopic (exact) mass is 301 g/mol. The molecule has 2 rings (SSSR count). The lowest BCUT2D eigenvalue weighted by Crippen LogP contribution is -2.26. The van der Waals surface area contributed by atoms with Crippen LogP contribution in [0.25, 0.3) is 0 Å². The van der Waals surface area contributed by atoms with Crippen molar-refractivity contribution in [3.8, 4) is 11.5 Å². The van der Waals surface area contributed by atoms with Crippen LogP contribution in [0, 0.1) is 0 Å². The largest absolute Gasteiger partial charge is 0.508 e. The first-order valence-corrected chi connectivity index (χ1v) is 7.47. The highest BCUT2D eigenvalue weighted by atomic mass is 16.5. The van der Waals surface area contributed by atoms with Crippen LogP contribution in [-0.2, 0) is 13.0 Å². The molecule has 118 valence electrons. The summed E-state index contributed by atoms with van der Waals surface area (Å²) in [6, 6.07) is 15.0. The lowest BCUT2D eigenvalue weighted by Gasteiger charge is -2.12. The van der Waals surface area contributed by atoms with Crippen LogP contribution < -0.4 is 10.1 Å². The zero-order valence-corrected chi connectivity index (χ0v) is 12.8. The fraction of sp³-hybridized carbons (Fsp3) is 0.333. The van der Waals surface area contributed by atoms with Crippen LogP contribution in [0.15, 0.2) is 48.5 Å². The smallest absolute Gasteiger partial charge is 0.119 e. The molecule has 2 aromatic carbocycles. The van der Waals surface area contributed by atoms with E-state index in [2.05, 4.69) is 5.32 Å². The molecule has 0 aliphatic rings. The highest BCUT2D eigenvalue weighted by molar-refractivity contribution is 5.28. The molecule has 1 atom stereocenters. The SMILES string of the molecule is COc1cccc(CNC[C@H](O)CCc2cccc(O)c2)c1. The Labute approximate surface area is 131 Å². The van der Waals surface area contributed by atoms with Gasteiger partial charge in [0.05, 0.1) is 13.2 Å². The molecule has 4 nitrogen and oxygen atoms in total. The number of hydrogen-bond acceptors (Lipinski definition) is 4. The van der Waals surface area contributed by atoms with Crippen molar-refractivity contribution in [1.29, 1.82) is 0 Å². The van der Waals surface area contributed by atoms with E-state index in [1.807, 2.05) is 36.4 Å². The summed E-state index contributed by atoms with van der Waals surface area (Å²) in [4.78, 5) is 0. The van der Waals surface area contributed by atoms with E-state index in [4.69, 9.17) is 4.74 Å². The zero-order chi connectivity index (χ0) is 15.8. The van der Waals surface area contributed by atoms with Crippen LogP contribution in [-0.4, -0.2) is 30.0 Å². The molecule has 0 spiro atoms. The van der Waals surface area contributed by atoms with Crippen molar-refractivity contribution < 1.29 is 14.9 Å². The van der Waals surface area contributed by atoms with Gasteiger partial charge in [0.15, 0.2) is 0 Å². The first-order valence-electron chi connectivity index (χ1n) is 7.47. The minimum absolute atomic E-state index is 0.267. The highest BCUT2D eigenvalue weighted by Gasteiger charge is 2.05. The molecule has 0 saturated heterocycles. The van der Waals surface area contributed by atoms with Gasteiger partial charge in [-0.1, -0.05) is 24.3 Å². The minimum Gasteiger partial charge on any atom is -0.508 e. The van der Waals surface area contributed by atoms with Gasteiger partial charge in [-0.05, 0) is 48.2 Å². The van der Waals surface area contributed by atoms with Crippen molar-refractivity contribution in [3.05, 3.63) is 59.7 Å². The van der Waals surface area contributed by atoms with Crippen molar-refractivity contribution in [2.45, 2.75) is 25.5 Å². The number of phenolic OH excluding ortho intramolecular Hbond substituents is 1. The number of nitrogens with one attached hydrogen (secondary N) is 1. The second-order valence-electron chi connectivity index (χ2n) is 5.34. The maximum absolute atomic E-state index is 10.0. The summed E-state index contributed by atoms with van der Waals surface area (Å²) in [5, 5.41) is 22.7. The Hall–Kier alpha value is -2.04. The van der Waals surface area contributed by atoms with Crippen LogP contribution in [0.5, 0.6) is 11.5 Å². The van der Waals surface area contributed by atoms with Gasteiger partial charge in [0.1, 0.15) is 11.5 Å². The summed E-state index contributed by atoms with van der Waals surface area (Å²) in [5.74, 6) is 1.10. The lowest BCUT2D eigenvalue weighted by atomic mass is 10.1. The van der Waals surface area contributed by atoms with E-state index in [0.29, 0.717) is 19.5 Å². The molecule has 0 fully saturated rings. The van der Waals surface area contributed by atoms with Crippen molar-refractivity contribution >= 4 is 0 Å². The zero-order valence-electron chi connectivity index (χ0n) is 12.8. The third kappa shape index (κ3) is 5.39. The average molecular weight is 301 g/mol. The van der Waals surface area contributed by atoms with Gasteiger partial charge in [0, 0.05) is 13.1 Å². The summed E-state index contributed by atoms with van der Waals surface area (Å²) >= 11 is 0. The van der Waals surface area contributed by atoms with Crippen molar-refractivity contribution in [1.82, 2.24) is 5.32 Å². The second kappa shape index (κ2) is 8.41. The van der Waals surface area contributed by atoms with Gasteiger partial charge in [-0.15, -0.1) is 0 Å². The van der Waals surface area contributed by atoms with Gasteiger partial charge in [-0.3, -0.25) is 0 Å². The van der Waals surface area contributed by atoms with E-state index >= 15 is 0 Å². The fourth-order valence-electron chi connectivity index (χ4n) is 2.31. The molecule has 0 saturated carbocycles. The number of benzene rings is 2. The maximum atomic E-state index is 10.0. The van der Waals surface area contributed by atoms with E-state index in [0.717, 1.165) is 23.3 Å². The number of ether oxygens (including phenoxy) is 1. The summed E-state index contributed by atoms with van der Waals surface area (Å²) in [6.45, 7) is 1.23. The molecular formula is C18H23NO3. The van der Waals surface area contributed by atoms with Crippen LogP contribution in [0.4, 0.5) is 0 Å². The lowest BCUT2D eigenvalue weighted by molar-refractivity contribution is 0.161. The fourth-order valence-corrected chi connectivity index (χ4v) is 2.31. The predicted molar refractivity (Wildman–Crippen MR) is 87.1 cm³/mol. The Balaban J connectivity index is 1.70. The Morgan fingerprint density at radius 2 is 1.86 bits per heavy atom. The summed E-state index contributed by atoms with van der Waals surface area (Å²) in [7, 11) is 1.65. The predicted octanol–water partition coefficient (Wildman–Crippen LogP) is 2.48. The van der Waals surface area contributed by atoms with Crippen molar-refractivity contribution in [3.63, 3.8) is 0 Å². The first kappa shape index (κ1) is 16.3. The molecule has 0 aromatic heterocycles. The number of methoxy groups -OCH3 is 1. The third-order valence-electron chi connectivity index (χ3n) is 3.52. The van der Waals surface area contributed by atoms with E-state index in [1.165, 1.54) is 0 Å². The summed E-state index contributed by atoms with van der Waals surface area (Å²) < 4.78 is 5.18. The molecule has 2 aromatic rings. The molecule has 0 heterocycles. The number of rotatable bonds is 8. The number of aliphatic hydroxyl groups is 1. The normalized spacial score (nSPS) is 12.1. The van der Waals surface area contributed by atoms with Crippen LogP contribution in [0.2, 0.25) is 0 Å². The van der Waals surface area contributed by atoms with Gasteiger partial charge in [0.25, 0.3) is 0 Å². The number of aliphatic hydroxyl groups excluding tert-OH is 1. The van der Waals surface area contributed by atoms with Gasteiger partial charge in [0.2, 0.25) is 0 Å². The van der Waals surface area contributed by atoms with Gasteiger partial charge < -0.3 is 20.3 Å². The topological polar surface area (TPSA) is 61.7 Å². The summed E-state index contributed by atoms with van der Waals surface area (Å²) in [5.41, 5.74) is 2.16. The van der Waals surface area contributed by atoms with Crippen LogP contribution in [0.1, 0.15) is 17.5 Å².